The topological polar surface area (TPSA) is 29.5 Å². The van der Waals surface area contributed by atoms with Crippen molar-refractivity contribution in [2.45, 2.75) is 32.5 Å². The molecule has 0 aromatic heterocycles. The van der Waals surface area contributed by atoms with Gasteiger partial charge in [-0.3, -0.25) is 4.79 Å². The summed E-state index contributed by atoms with van der Waals surface area (Å²) in [6.45, 7) is 3.23. The SMILES string of the molecule is CCC(=O)c1ccc(OC(F)(F)F)cc1N1CCCC1. The van der Waals surface area contributed by atoms with Crippen LogP contribution in [-0.2, 0) is 0 Å². The lowest BCUT2D eigenvalue weighted by Crippen LogP contribution is -2.22. The van der Waals surface area contributed by atoms with E-state index in [9.17, 15) is 18.0 Å². The van der Waals surface area contributed by atoms with Crippen LogP contribution in [-0.4, -0.2) is 25.2 Å². The molecule has 20 heavy (non-hydrogen) atoms. The molecule has 1 heterocycles. The van der Waals surface area contributed by atoms with E-state index >= 15 is 0 Å². The molecule has 1 aromatic carbocycles. The van der Waals surface area contributed by atoms with Crippen LogP contribution in [0.4, 0.5) is 18.9 Å². The van der Waals surface area contributed by atoms with E-state index in [0.717, 1.165) is 25.9 Å². The molecule has 110 valence electrons. The molecule has 0 N–H and O–H groups in total. The van der Waals surface area contributed by atoms with Gasteiger partial charge in [-0.15, -0.1) is 13.2 Å². The number of ketones is 1. The van der Waals surface area contributed by atoms with E-state index in [1.165, 1.54) is 18.2 Å². The molecule has 1 aliphatic heterocycles. The van der Waals surface area contributed by atoms with Crippen molar-refractivity contribution in [1.29, 1.82) is 0 Å². The smallest absolute Gasteiger partial charge is 0.406 e. The van der Waals surface area contributed by atoms with Gasteiger partial charge in [-0.25, -0.2) is 0 Å². The molecule has 0 spiro atoms. The highest BCUT2D eigenvalue weighted by Gasteiger charge is 2.31. The van der Waals surface area contributed by atoms with Crippen LogP contribution in [0.3, 0.4) is 0 Å². The number of halogens is 3. The van der Waals surface area contributed by atoms with Crippen LogP contribution in [0.25, 0.3) is 0 Å². The van der Waals surface area contributed by atoms with Crippen LogP contribution in [0.1, 0.15) is 36.5 Å². The van der Waals surface area contributed by atoms with Gasteiger partial charge in [0, 0.05) is 31.1 Å². The molecule has 6 heteroatoms. The summed E-state index contributed by atoms with van der Waals surface area (Å²) in [6, 6.07) is 3.91. The van der Waals surface area contributed by atoms with Gasteiger partial charge in [-0.1, -0.05) is 6.92 Å². The van der Waals surface area contributed by atoms with E-state index in [2.05, 4.69) is 4.74 Å². The maximum absolute atomic E-state index is 12.3. The summed E-state index contributed by atoms with van der Waals surface area (Å²) in [5.74, 6) is -0.363. The molecular weight excluding hydrogens is 271 g/mol. The number of carbonyl (C=O) groups is 1. The summed E-state index contributed by atoms with van der Waals surface area (Å²) in [4.78, 5) is 13.8. The number of hydrogen-bond acceptors (Lipinski definition) is 3. The third-order valence-electron chi connectivity index (χ3n) is 3.27. The second-order valence-corrected chi connectivity index (χ2v) is 4.70. The highest BCUT2D eigenvalue weighted by molar-refractivity contribution is 6.01. The van der Waals surface area contributed by atoms with Gasteiger partial charge >= 0.3 is 6.36 Å². The lowest BCUT2D eigenvalue weighted by Gasteiger charge is -2.22. The standard InChI is InChI=1S/C14H16F3NO2/c1-2-13(19)11-6-5-10(20-14(15,16)17)9-12(11)18-7-3-4-8-18/h5-6,9H,2-4,7-8H2,1H3. The van der Waals surface area contributed by atoms with Gasteiger partial charge in [-0.2, -0.15) is 0 Å². The van der Waals surface area contributed by atoms with Crippen LogP contribution >= 0.6 is 0 Å². The zero-order chi connectivity index (χ0) is 14.8. The van der Waals surface area contributed by atoms with Crippen molar-refractivity contribution < 1.29 is 22.7 Å². The minimum absolute atomic E-state index is 0.0783. The quantitative estimate of drug-likeness (QED) is 0.789. The second-order valence-electron chi connectivity index (χ2n) is 4.70. The van der Waals surface area contributed by atoms with E-state index in [1.54, 1.807) is 6.92 Å². The molecule has 0 amide bonds. The fourth-order valence-corrected chi connectivity index (χ4v) is 2.35. The summed E-state index contributed by atoms with van der Waals surface area (Å²) in [5.41, 5.74) is 1.00. The molecule has 1 aromatic rings. The Labute approximate surface area is 115 Å². The van der Waals surface area contributed by atoms with Crippen molar-refractivity contribution in [3.63, 3.8) is 0 Å². The van der Waals surface area contributed by atoms with Crippen molar-refractivity contribution in [3.05, 3.63) is 23.8 Å². The molecule has 3 nitrogen and oxygen atoms in total. The van der Waals surface area contributed by atoms with Gasteiger partial charge in [0.2, 0.25) is 0 Å². The third kappa shape index (κ3) is 3.43. The van der Waals surface area contributed by atoms with Crippen molar-refractivity contribution in [1.82, 2.24) is 0 Å². The fraction of sp³-hybridized carbons (Fsp3) is 0.500. The molecule has 1 saturated heterocycles. The lowest BCUT2D eigenvalue weighted by molar-refractivity contribution is -0.274. The van der Waals surface area contributed by atoms with Gasteiger partial charge in [-0.05, 0) is 25.0 Å². The summed E-state index contributed by atoms with van der Waals surface area (Å²) in [7, 11) is 0. The van der Waals surface area contributed by atoms with E-state index in [0.29, 0.717) is 17.7 Å². The number of benzene rings is 1. The number of anilines is 1. The third-order valence-corrected chi connectivity index (χ3v) is 3.27. The molecule has 1 fully saturated rings. The number of Topliss-reactive ketones (excluding diaryl/α,β-unsaturated/α-hetero) is 1. The van der Waals surface area contributed by atoms with Crippen LogP contribution in [0.2, 0.25) is 0 Å². The van der Waals surface area contributed by atoms with Crippen LogP contribution < -0.4 is 9.64 Å². The minimum atomic E-state index is -4.72. The number of rotatable bonds is 4. The molecule has 2 rings (SSSR count). The Morgan fingerprint density at radius 2 is 1.95 bits per heavy atom. The van der Waals surface area contributed by atoms with Gasteiger partial charge in [0.15, 0.2) is 5.78 Å². The first kappa shape index (κ1) is 14.7. The Kier molecular flexibility index (Phi) is 4.20. The second kappa shape index (κ2) is 5.73. The monoisotopic (exact) mass is 287 g/mol. The van der Waals surface area contributed by atoms with Crippen molar-refractivity contribution in [3.8, 4) is 5.75 Å². The number of alkyl halides is 3. The van der Waals surface area contributed by atoms with Gasteiger partial charge in [0.25, 0.3) is 0 Å². The van der Waals surface area contributed by atoms with E-state index in [-0.39, 0.29) is 11.5 Å². The molecule has 0 unspecified atom stereocenters. The van der Waals surface area contributed by atoms with Crippen molar-refractivity contribution >= 4 is 11.5 Å². The molecule has 1 aliphatic rings. The largest absolute Gasteiger partial charge is 0.573 e. The highest BCUT2D eigenvalue weighted by Crippen LogP contribution is 2.32. The summed E-state index contributed by atoms with van der Waals surface area (Å²) in [6.07, 6.45) is -2.45. The van der Waals surface area contributed by atoms with Crippen LogP contribution in [0.15, 0.2) is 18.2 Å². The molecule has 0 radical (unpaired) electrons. The van der Waals surface area contributed by atoms with Gasteiger partial charge in [0.1, 0.15) is 5.75 Å². The minimum Gasteiger partial charge on any atom is -0.406 e. The number of ether oxygens (including phenoxy) is 1. The summed E-state index contributed by atoms with van der Waals surface area (Å²) < 4.78 is 40.8. The molecule has 0 bridgehead atoms. The van der Waals surface area contributed by atoms with E-state index in [4.69, 9.17) is 0 Å². The average Bonchev–Trinajstić information content (AvgIpc) is 2.89. The Balaban J connectivity index is 2.36. The Morgan fingerprint density at radius 3 is 2.50 bits per heavy atom. The van der Waals surface area contributed by atoms with Crippen molar-refractivity contribution in [2.75, 3.05) is 18.0 Å². The molecule has 0 atom stereocenters. The number of carbonyl (C=O) groups excluding carboxylic acids is 1. The van der Waals surface area contributed by atoms with Gasteiger partial charge in [0.05, 0.1) is 5.69 Å². The molecular formula is C14H16F3NO2. The first-order valence-corrected chi connectivity index (χ1v) is 6.58. The van der Waals surface area contributed by atoms with Gasteiger partial charge < -0.3 is 9.64 Å². The number of nitrogens with zero attached hydrogens (tertiary/aromatic N) is 1. The zero-order valence-corrected chi connectivity index (χ0v) is 11.2. The summed E-state index contributed by atoms with van der Waals surface area (Å²) in [5, 5.41) is 0. The maximum atomic E-state index is 12.3. The Bertz CT molecular complexity index is 494. The maximum Gasteiger partial charge on any atom is 0.573 e. The first-order chi connectivity index (χ1) is 9.40. The predicted molar refractivity (Wildman–Crippen MR) is 69.2 cm³/mol. The van der Waals surface area contributed by atoms with E-state index in [1.807, 2.05) is 4.90 Å². The first-order valence-electron chi connectivity index (χ1n) is 6.58. The highest BCUT2D eigenvalue weighted by atomic mass is 19.4. The fourth-order valence-electron chi connectivity index (χ4n) is 2.35. The Morgan fingerprint density at radius 1 is 1.30 bits per heavy atom. The van der Waals surface area contributed by atoms with Crippen LogP contribution in [0, 0.1) is 0 Å². The predicted octanol–water partition coefficient (Wildman–Crippen LogP) is 3.78. The van der Waals surface area contributed by atoms with Crippen LogP contribution in [0.5, 0.6) is 5.75 Å². The zero-order valence-electron chi connectivity index (χ0n) is 11.2. The van der Waals surface area contributed by atoms with E-state index < -0.39 is 6.36 Å². The number of hydrogen-bond donors (Lipinski definition) is 0. The average molecular weight is 287 g/mol. The Hall–Kier alpha value is -1.72. The van der Waals surface area contributed by atoms with Crippen molar-refractivity contribution in [2.24, 2.45) is 0 Å². The lowest BCUT2D eigenvalue weighted by atomic mass is 10.1. The molecule has 0 saturated carbocycles. The summed E-state index contributed by atoms with van der Waals surface area (Å²) >= 11 is 0. The molecule has 0 aliphatic carbocycles. The normalized spacial score (nSPS) is 15.5.